The quantitative estimate of drug-likeness (QED) is 0.282. The third kappa shape index (κ3) is 4.47. The van der Waals surface area contributed by atoms with Gasteiger partial charge in [0.2, 0.25) is 5.95 Å². The van der Waals surface area contributed by atoms with E-state index in [1.165, 1.54) is 12.1 Å². The van der Waals surface area contributed by atoms with E-state index in [-0.39, 0.29) is 22.2 Å². The maximum absolute atomic E-state index is 12.5. The molecule has 0 saturated carbocycles. The van der Waals surface area contributed by atoms with Crippen LogP contribution in [0.3, 0.4) is 0 Å². The standard InChI is InChI=1S/C21H13BrClN5O3/c22-13-6-9-18-16(10-13)19(12-4-2-1-3-5-12)25-21(24-18)27-26-20(29)15-11-14(28(30)31)7-8-17(15)23/h1-11H,(H,26,29)(H,24,25,27). The zero-order valence-corrected chi connectivity index (χ0v) is 18.0. The van der Waals surface area contributed by atoms with Crippen molar-refractivity contribution >= 4 is 56.0 Å². The Morgan fingerprint density at radius 1 is 1.03 bits per heavy atom. The third-order valence-corrected chi connectivity index (χ3v) is 5.22. The number of halogens is 2. The minimum Gasteiger partial charge on any atom is -0.267 e. The minimum atomic E-state index is -0.658. The molecule has 0 fully saturated rings. The summed E-state index contributed by atoms with van der Waals surface area (Å²) < 4.78 is 0.884. The van der Waals surface area contributed by atoms with E-state index in [0.29, 0.717) is 11.2 Å². The molecule has 0 aliphatic carbocycles. The normalized spacial score (nSPS) is 10.6. The molecule has 10 heteroatoms. The number of rotatable bonds is 5. The summed E-state index contributed by atoms with van der Waals surface area (Å²) in [6.45, 7) is 0. The molecular weight excluding hydrogens is 486 g/mol. The molecule has 31 heavy (non-hydrogen) atoms. The molecule has 0 spiro atoms. The average Bonchev–Trinajstić information content (AvgIpc) is 2.77. The topological polar surface area (TPSA) is 110 Å². The van der Waals surface area contributed by atoms with Gasteiger partial charge in [-0.2, -0.15) is 0 Å². The number of hydrogen-bond acceptors (Lipinski definition) is 6. The van der Waals surface area contributed by atoms with Crippen LogP contribution in [0.1, 0.15) is 10.4 Å². The van der Waals surface area contributed by atoms with Crippen molar-refractivity contribution in [3.05, 3.63) is 91.9 Å². The molecule has 1 aromatic heterocycles. The first-order valence-corrected chi connectivity index (χ1v) is 10.1. The third-order valence-electron chi connectivity index (χ3n) is 4.40. The predicted octanol–water partition coefficient (Wildman–Crippen LogP) is 5.38. The number of nitro benzene ring substituents is 1. The Balaban J connectivity index is 1.67. The lowest BCUT2D eigenvalue weighted by atomic mass is 10.1. The van der Waals surface area contributed by atoms with Crippen LogP contribution in [0, 0.1) is 10.1 Å². The number of amides is 1. The van der Waals surface area contributed by atoms with Crippen molar-refractivity contribution in [3.8, 4) is 11.3 Å². The van der Waals surface area contributed by atoms with Gasteiger partial charge in [0, 0.05) is 27.6 Å². The van der Waals surface area contributed by atoms with E-state index < -0.39 is 10.8 Å². The predicted molar refractivity (Wildman–Crippen MR) is 122 cm³/mol. The number of hydrogen-bond donors (Lipinski definition) is 2. The molecule has 0 bridgehead atoms. The number of non-ortho nitro benzene ring substituents is 1. The fourth-order valence-corrected chi connectivity index (χ4v) is 3.52. The number of carbonyl (C=O) groups is 1. The average molecular weight is 499 g/mol. The van der Waals surface area contributed by atoms with Crippen molar-refractivity contribution in [3.63, 3.8) is 0 Å². The summed E-state index contributed by atoms with van der Waals surface area (Å²) in [6, 6.07) is 18.8. The van der Waals surface area contributed by atoms with Crippen molar-refractivity contribution in [1.82, 2.24) is 15.4 Å². The van der Waals surface area contributed by atoms with Crippen LogP contribution in [-0.2, 0) is 0 Å². The van der Waals surface area contributed by atoms with Crippen molar-refractivity contribution in [2.75, 3.05) is 5.43 Å². The van der Waals surface area contributed by atoms with E-state index in [0.717, 1.165) is 21.5 Å². The van der Waals surface area contributed by atoms with Gasteiger partial charge in [-0.15, -0.1) is 0 Å². The van der Waals surface area contributed by atoms with Crippen molar-refractivity contribution in [2.45, 2.75) is 0 Å². The summed E-state index contributed by atoms with van der Waals surface area (Å²) in [6.07, 6.45) is 0. The van der Waals surface area contributed by atoms with Crippen molar-refractivity contribution in [1.29, 1.82) is 0 Å². The number of nitro groups is 1. The highest BCUT2D eigenvalue weighted by molar-refractivity contribution is 9.10. The zero-order valence-electron chi connectivity index (χ0n) is 15.7. The molecule has 2 N–H and O–H groups in total. The summed E-state index contributed by atoms with van der Waals surface area (Å²) in [5.41, 5.74) is 7.06. The first kappa shape index (κ1) is 20.7. The lowest BCUT2D eigenvalue weighted by Crippen LogP contribution is -2.30. The van der Waals surface area contributed by atoms with Crippen molar-refractivity contribution in [2.24, 2.45) is 0 Å². The van der Waals surface area contributed by atoms with Crippen LogP contribution >= 0.6 is 27.5 Å². The van der Waals surface area contributed by atoms with Gasteiger partial charge in [0.05, 0.1) is 26.7 Å². The Kier molecular flexibility index (Phi) is 5.79. The smallest absolute Gasteiger partial charge is 0.267 e. The number of carbonyl (C=O) groups excluding carboxylic acids is 1. The summed E-state index contributed by atoms with van der Waals surface area (Å²) in [5, 5.41) is 11.9. The number of anilines is 1. The molecule has 1 amide bonds. The van der Waals surface area contributed by atoms with E-state index in [1.807, 2.05) is 48.5 Å². The van der Waals surface area contributed by atoms with E-state index in [4.69, 9.17) is 11.6 Å². The number of fused-ring (bicyclic) bond motifs is 1. The van der Waals surface area contributed by atoms with Crippen LogP contribution in [0.2, 0.25) is 5.02 Å². The minimum absolute atomic E-state index is 0.0450. The maximum Gasteiger partial charge on any atom is 0.271 e. The monoisotopic (exact) mass is 497 g/mol. The van der Waals surface area contributed by atoms with Gasteiger partial charge in [0.15, 0.2) is 0 Å². The van der Waals surface area contributed by atoms with Gasteiger partial charge in [-0.1, -0.05) is 57.9 Å². The Morgan fingerprint density at radius 2 is 1.81 bits per heavy atom. The highest BCUT2D eigenvalue weighted by Crippen LogP contribution is 2.29. The van der Waals surface area contributed by atoms with Crippen LogP contribution in [0.15, 0.2) is 71.2 Å². The number of aromatic nitrogens is 2. The van der Waals surface area contributed by atoms with Gasteiger partial charge in [-0.05, 0) is 24.3 Å². The zero-order chi connectivity index (χ0) is 22.0. The summed E-state index contributed by atoms with van der Waals surface area (Å²) in [4.78, 5) is 31.9. The first-order chi connectivity index (χ1) is 14.9. The molecule has 4 rings (SSSR count). The molecular formula is C21H13BrClN5O3. The highest BCUT2D eigenvalue weighted by Gasteiger charge is 2.17. The first-order valence-electron chi connectivity index (χ1n) is 8.95. The molecule has 0 unspecified atom stereocenters. The van der Waals surface area contributed by atoms with Gasteiger partial charge < -0.3 is 0 Å². The van der Waals surface area contributed by atoms with E-state index in [2.05, 4.69) is 36.7 Å². The fourth-order valence-electron chi connectivity index (χ4n) is 2.95. The van der Waals surface area contributed by atoms with Gasteiger partial charge in [-0.3, -0.25) is 25.8 Å². The second kappa shape index (κ2) is 8.66. The Bertz CT molecular complexity index is 1320. The molecule has 8 nitrogen and oxygen atoms in total. The molecule has 0 aliphatic heterocycles. The van der Waals surface area contributed by atoms with E-state index in [9.17, 15) is 14.9 Å². The number of benzene rings is 3. The molecule has 0 atom stereocenters. The van der Waals surface area contributed by atoms with E-state index in [1.54, 1.807) is 0 Å². The number of nitrogens with zero attached hydrogens (tertiary/aromatic N) is 3. The van der Waals surface area contributed by atoms with Gasteiger partial charge in [0.1, 0.15) is 0 Å². The number of hydrazine groups is 1. The number of nitrogens with one attached hydrogen (secondary N) is 2. The molecule has 4 aromatic rings. The van der Waals surface area contributed by atoms with Gasteiger partial charge >= 0.3 is 0 Å². The molecule has 1 heterocycles. The lowest BCUT2D eigenvalue weighted by molar-refractivity contribution is -0.384. The second-order valence-electron chi connectivity index (χ2n) is 6.42. The summed E-state index contributed by atoms with van der Waals surface area (Å²) in [7, 11) is 0. The lowest BCUT2D eigenvalue weighted by Gasteiger charge is -2.12. The summed E-state index contributed by atoms with van der Waals surface area (Å²) >= 11 is 9.50. The second-order valence-corrected chi connectivity index (χ2v) is 7.75. The summed E-state index contributed by atoms with van der Waals surface area (Å²) in [5.74, 6) is -0.502. The maximum atomic E-state index is 12.5. The van der Waals surface area contributed by atoms with Crippen LogP contribution in [0.5, 0.6) is 0 Å². The Labute approximate surface area is 189 Å². The van der Waals surface area contributed by atoms with Gasteiger partial charge in [0.25, 0.3) is 11.6 Å². The molecule has 0 aliphatic rings. The van der Waals surface area contributed by atoms with Crippen LogP contribution in [-0.4, -0.2) is 20.8 Å². The molecule has 154 valence electrons. The SMILES string of the molecule is O=C(NNc1nc(-c2ccccc2)c2cc(Br)ccc2n1)c1cc([N+](=O)[O-])ccc1Cl. The van der Waals surface area contributed by atoms with Crippen LogP contribution in [0.4, 0.5) is 11.6 Å². The van der Waals surface area contributed by atoms with Crippen molar-refractivity contribution < 1.29 is 9.72 Å². The molecule has 0 saturated heterocycles. The Morgan fingerprint density at radius 3 is 2.55 bits per heavy atom. The van der Waals surface area contributed by atoms with Gasteiger partial charge in [-0.25, -0.2) is 9.97 Å². The highest BCUT2D eigenvalue weighted by atomic mass is 79.9. The Hall–Kier alpha value is -3.56. The largest absolute Gasteiger partial charge is 0.271 e. The van der Waals surface area contributed by atoms with Crippen LogP contribution < -0.4 is 10.9 Å². The van der Waals surface area contributed by atoms with E-state index >= 15 is 0 Å². The van der Waals surface area contributed by atoms with Crippen LogP contribution in [0.25, 0.3) is 22.2 Å². The molecule has 3 aromatic carbocycles. The fraction of sp³-hybridized carbons (Fsp3) is 0. The molecule has 0 radical (unpaired) electrons.